The molecule has 0 spiro atoms. The summed E-state index contributed by atoms with van der Waals surface area (Å²) in [6.45, 7) is 5.56. The van der Waals surface area contributed by atoms with E-state index in [2.05, 4.69) is 0 Å². The summed E-state index contributed by atoms with van der Waals surface area (Å²) in [4.78, 5) is 0. The topological polar surface area (TPSA) is 26.3 Å². The molecule has 4 heteroatoms. The van der Waals surface area contributed by atoms with Gasteiger partial charge in [0, 0.05) is 12.3 Å². The maximum atomic E-state index is 12.7. The van der Waals surface area contributed by atoms with E-state index in [9.17, 15) is 8.96 Å². The zero-order chi connectivity index (χ0) is 12.2. The highest BCUT2D eigenvalue weighted by atomic mass is 31.2. The van der Waals surface area contributed by atoms with E-state index in [4.69, 9.17) is 4.52 Å². The minimum Gasteiger partial charge on any atom is -0.321 e. The summed E-state index contributed by atoms with van der Waals surface area (Å²) in [5.41, 5.74) is 0.850. The molecule has 0 N–H and O–H groups in total. The van der Waals surface area contributed by atoms with Crippen molar-refractivity contribution in [2.45, 2.75) is 26.9 Å². The van der Waals surface area contributed by atoms with Crippen molar-refractivity contribution in [2.75, 3.05) is 12.3 Å². The lowest BCUT2D eigenvalue weighted by Crippen LogP contribution is -2.02. The van der Waals surface area contributed by atoms with Crippen LogP contribution in [-0.4, -0.2) is 12.3 Å². The van der Waals surface area contributed by atoms with Crippen molar-refractivity contribution < 1.29 is 13.5 Å². The molecule has 0 fully saturated rings. The summed E-state index contributed by atoms with van der Waals surface area (Å²) >= 11 is 0. The second kappa shape index (κ2) is 5.60. The van der Waals surface area contributed by atoms with Gasteiger partial charge in [0.25, 0.3) is 0 Å². The maximum absolute atomic E-state index is 12.7. The van der Waals surface area contributed by atoms with E-state index in [0.29, 0.717) is 12.3 Å². The van der Waals surface area contributed by atoms with Crippen LogP contribution < -0.4 is 0 Å². The molecule has 0 amide bonds. The highest BCUT2D eigenvalue weighted by Gasteiger charge is 2.21. The van der Waals surface area contributed by atoms with Crippen molar-refractivity contribution >= 4 is 7.37 Å². The third kappa shape index (κ3) is 3.43. The van der Waals surface area contributed by atoms with Crippen LogP contribution in [0, 0.1) is 5.82 Å². The quantitative estimate of drug-likeness (QED) is 0.725. The predicted octanol–water partition coefficient (Wildman–Crippen LogP) is 4.22. The van der Waals surface area contributed by atoms with Crippen LogP contribution in [0.5, 0.6) is 0 Å². The molecule has 1 aromatic rings. The first-order valence-corrected chi connectivity index (χ1v) is 7.52. The molecule has 90 valence electrons. The van der Waals surface area contributed by atoms with Gasteiger partial charge in [0.1, 0.15) is 5.82 Å². The highest BCUT2D eigenvalue weighted by molar-refractivity contribution is 7.58. The van der Waals surface area contributed by atoms with E-state index in [1.54, 1.807) is 12.1 Å². The molecule has 1 unspecified atom stereocenters. The van der Waals surface area contributed by atoms with Crippen LogP contribution >= 0.6 is 7.37 Å². The molecule has 1 rings (SSSR count). The first-order chi connectivity index (χ1) is 7.50. The van der Waals surface area contributed by atoms with Crippen LogP contribution in [0.1, 0.15) is 32.4 Å². The molecule has 0 aromatic heterocycles. The standard InChI is InChI=1S/C12H18FO2P/c1-4-16(14,5-2)15-10(3)11-6-8-12(13)9-7-11/h6-10H,4-5H2,1-3H3. The Labute approximate surface area is 96.3 Å². The minimum atomic E-state index is -2.51. The van der Waals surface area contributed by atoms with Gasteiger partial charge in [-0.15, -0.1) is 0 Å². The fourth-order valence-corrected chi connectivity index (χ4v) is 2.90. The summed E-state index contributed by atoms with van der Waals surface area (Å²) < 4.78 is 30.4. The predicted molar refractivity (Wildman–Crippen MR) is 64.6 cm³/mol. The van der Waals surface area contributed by atoms with Crippen molar-refractivity contribution in [2.24, 2.45) is 0 Å². The Bertz CT molecular complexity index is 367. The van der Waals surface area contributed by atoms with Gasteiger partial charge < -0.3 is 4.52 Å². The van der Waals surface area contributed by atoms with Crippen molar-refractivity contribution in [3.8, 4) is 0 Å². The highest BCUT2D eigenvalue weighted by Crippen LogP contribution is 2.49. The Kier molecular flexibility index (Phi) is 4.69. The van der Waals surface area contributed by atoms with E-state index in [1.165, 1.54) is 12.1 Å². The van der Waals surface area contributed by atoms with Gasteiger partial charge in [-0.05, 0) is 24.6 Å². The zero-order valence-corrected chi connectivity index (χ0v) is 10.8. The first kappa shape index (κ1) is 13.4. The number of halogens is 1. The van der Waals surface area contributed by atoms with E-state index in [0.717, 1.165) is 5.56 Å². The van der Waals surface area contributed by atoms with E-state index in [1.807, 2.05) is 20.8 Å². The molecule has 16 heavy (non-hydrogen) atoms. The van der Waals surface area contributed by atoms with E-state index < -0.39 is 7.37 Å². The third-order valence-corrected chi connectivity index (χ3v) is 5.28. The van der Waals surface area contributed by atoms with E-state index >= 15 is 0 Å². The molecule has 0 saturated heterocycles. The van der Waals surface area contributed by atoms with Crippen LogP contribution in [0.15, 0.2) is 24.3 Å². The maximum Gasteiger partial charge on any atom is 0.203 e. The normalized spacial score (nSPS) is 13.8. The Morgan fingerprint density at radius 2 is 1.75 bits per heavy atom. The van der Waals surface area contributed by atoms with Gasteiger partial charge in [0.2, 0.25) is 7.37 Å². The average molecular weight is 244 g/mol. The van der Waals surface area contributed by atoms with Crippen LogP contribution in [0.25, 0.3) is 0 Å². The summed E-state index contributed by atoms with van der Waals surface area (Å²) in [7, 11) is -2.51. The van der Waals surface area contributed by atoms with Crippen molar-refractivity contribution in [3.63, 3.8) is 0 Å². The summed E-state index contributed by atoms with van der Waals surface area (Å²) in [6, 6.07) is 6.10. The fraction of sp³-hybridized carbons (Fsp3) is 0.500. The number of hydrogen-bond acceptors (Lipinski definition) is 2. The van der Waals surface area contributed by atoms with Crippen LogP contribution in [-0.2, 0) is 9.09 Å². The van der Waals surface area contributed by atoms with Crippen molar-refractivity contribution in [3.05, 3.63) is 35.6 Å². The molecule has 1 aromatic carbocycles. The van der Waals surface area contributed by atoms with Crippen LogP contribution in [0.4, 0.5) is 4.39 Å². The fourth-order valence-electron chi connectivity index (χ4n) is 1.46. The molecule has 2 nitrogen and oxygen atoms in total. The summed E-state index contributed by atoms with van der Waals surface area (Å²) in [6.07, 6.45) is 0.815. The minimum absolute atomic E-state index is 0.258. The monoisotopic (exact) mass is 244 g/mol. The average Bonchev–Trinajstić information content (AvgIpc) is 2.29. The van der Waals surface area contributed by atoms with Gasteiger partial charge in [0.05, 0.1) is 6.10 Å². The molecule has 0 aliphatic rings. The zero-order valence-electron chi connectivity index (χ0n) is 9.94. The molecule has 1 atom stereocenters. The summed E-state index contributed by atoms with van der Waals surface area (Å²) in [5, 5.41) is 0. The van der Waals surface area contributed by atoms with Crippen LogP contribution in [0.3, 0.4) is 0 Å². The second-order valence-electron chi connectivity index (χ2n) is 3.75. The molecule has 0 aliphatic carbocycles. The van der Waals surface area contributed by atoms with Crippen molar-refractivity contribution in [1.29, 1.82) is 0 Å². The van der Waals surface area contributed by atoms with Gasteiger partial charge in [-0.2, -0.15) is 0 Å². The number of rotatable bonds is 5. The Morgan fingerprint density at radius 1 is 1.25 bits per heavy atom. The summed E-state index contributed by atoms with van der Waals surface area (Å²) in [5.74, 6) is -0.273. The second-order valence-corrected chi connectivity index (χ2v) is 6.85. The van der Waals surface area contributed by atoms with Gasteiger partial charge in [0.15, 0.2) is 0 Å². The molecule has 0 radical (unpaired) electrons. The Morgan fingerprint density at radius 3 is 2.19 bits per heavy atom. The molecular formula is C12H18FO2P. The van der Waals surface area contributed by atoms with Crippen molar-refractivity contribution in [1.82, 2.24) is 0 Å². The SMILES string of the molecule is CCP(=O)(CC)OC(C)c1ccc(F)cc1. The van der Waals surface area contributed by atoms with E-state index in [-0.39, 0.29) is 11.9 Å². The molecule has 0 aliphatic heterocycles. The number of hydrogen-bond donors (Lipinski definition) is 0. The largest absolute Gasteiger partial charge is 0.321 e. The van der Waals surface area contributed by atoms with Gasteiger partial charge in [-0.1, -0.05) is 26.0 Å². The first-order valence-electron chi connectivity index (χ1n) is 5.52. The lowest BCUT2D eigenvalue weighted by atomic mass is 10.1. The lowest BCUT2D eigenvalue weighted by Gasteiger charge is -2.20. The Hall–Kier alpha value is -0.660. The lowest BCUT2D eigenvalue weighted by molar-refractivity contribution is 0.229. The molecule has 0 heterocycles. The van der Waals surface area contributed by atoms with Gasteiger partial charge >= 0.3 is 0 Å². The van der Waals surface area contributed by atoms with Gasteiger partial charge in [-0.25, -0.2) is 4.39 Å². The smallest absolute Gasteiger partial charge is 0.203 e. The third-order valence-electron chi connectivity index (χ3n) is 2.65. The molecule has 0 saturated carbocycles. The number of benzene rings is 1. The van der Waals surface area contributed by atoms with Crippen LogP contribution in [0.2, 0.25) is 0 Å². The Balaban J connectivity index is 2.75. The molecular weight excluding hydrogens is 226 g/mol. The van der Waals surface area contributed by atoms with Gasteiger partial charge in [-0.3, -0.25) is 4.57 Å². The molecule has 0 bridgehead atoms.